The molecule has 6 heteroatoms. The lowest BCUT2D eigenvalue weighted by atomic mass is 9.81. The molecule has 0 atom stereocenters. The Bertz CT molecular complexity index is 5850. The van der Waals surface area contributed by atoms with E-state index < -0.39 is 0 Å². The molecule has 0 spiro atoms. The molecule has 21 aromatic carbocycles. The number of aliphatic hydroxyl groups is 6. The molecule has 0 bridgehead atoms. The third kappa shape index (κ3) is 34.5. The van der Waals surface area contributed by atoms with Crippen molar-refractivity contribution in [3.63, 3.8) is 0 Å². The van der Waals surface area contributed by atoms with Crippen LogP contribution in [0.4, 0.5) is 0 Å². The number of fused-ring (bicyclic) bond motifs is 18. The summed E-state index contributed by atoms with van der Waals surface area (Å²) in [6.45, 7) is 38.8. The first-order chi connectivity index (χ1) is 70.6. The quantitative estimate of drug-likeness (QED) is 0.0900. The molecular weight excluding hydrogens is 1750 g/mol. The Kier molecular flexibility index (Phi) is 58.3. The van der Waals surface area contributed by atoms with Gasteiger partial charge in [-0.3, -0.25) is 0 Å². The molecule has 3 aliphatic rings. The molecule has 0 heterocycles. The van der Waals surface area contributed by atoms with Gasteiger partial charge in [0.2, 0.25) is 0 Å². The van der Waals surface area contributed by atoms with Crippen LogP contribution in [0.3, 0.4) is 0 Å². The van der Waals surface area contributed by atoms with Crippen molar-refractivity contribution in [2.75, 3.05) is 42.7 Å². The molecule has 0 radical (unpaired) electrons. The van der Waals surface area contributed by atoms with E-state index >= 15 is 0 Å². The van der Waals surface area contributed by atoms with Gasteiger partial charge in [-0.15, -0.1) is 0 Å². The predicted octanol–water partition coefficient (Wildman–Crippen LogP) is 37.5. The van der Waals surface area contributed by atoms with Gasteiger partial charge in [0.05, 0.1) is 0 Å². The monoisotopic (exact) mass is 1920 g/mol. The minimum Gasteiger partial charge on any atom is -0.400 e. The summed E-state index contributed by atoms with van der Waals surface area (Å²) < 4.78 is 0. The molecule has 6 N–H and O–H groups in total. The number of hydrogen-bond acceptors (Lipinski definition) is 6. The SMILES string of the molecule is CC.CC.CC.CC1(C)c2cc3ccccc3cc2-c2cc3ccccc3cc21.CC1(C)c2cc3ccccc3cc2-c2cc3ccccc3cc21.CC1(C)c2cc3ccccc3cc2-c2cc3ccccc3cc21.CCC.CCC.CCC.CO.CO.CO.CO.CO.CO.c1ccc2ccccc2c1.c1ccc2ccccc2c1.c1ccc2ccccc2c1.c1ccccc1.c1ccccc1.c1ccccc1. The smallest absolute Gasteiger partial charge is 0.0319 e. The van der Waals surface area contributed by atoms with Crippen molar-refractivity contribution in [1.29, 1.82) is 0 Å². The molecule has 0 unspecified atom stereocenters. The molecule has 0 aromatic heterocycles. The standard InChI is InChI=1S/3C23H18.3C10H8.3C6H6.3C3H8.3C2H6.6CH4O/c3*1-23(2)21-13-17-9-5-3-7-15(17)11-19(21)20-12-16-8-4-6-10-18(16)14-22(20)23;3*1-2-6-10-8-4-3-7-9(10)5-1;3*1-2-4-6-5-3-1;3*1-3-2;9*1-2/h3*3-14H,1-2H3;3*1-8H;3*1-6H;3*3H2,1-2H3;3*1-2H3;6*2H,1H3. The number of hydrogen-bond donors (Lipinski definition) is 6. The number of rotatable bonds is 0. The fourth-order valence-electron chi connectivity index (χ4n) is 16.9. The third-order valence-electron chi connectivity index (χ3n) is 23.2. The van der Waals surface area contributed by atoms with E-state index in [2.05, 4.69) is 447 Å². The second kappa shape index (κ2) is 68.8. The summed E-state index contributed by atoms with van der Waals surface area (Å²) in [6, 6.07) is 167. The minimum absolute atomic E-state index is 0.0543. The first-order valence-electron chi connectivity index (χ1n) is 50.8. The average molecular weight is 1920 g/mol. The van der Waals surface area contributed by atoms with Crippen molar-refractivity contribution in [2.24, 2.45) is 0 Å². The van der Waals surface area contributed by atoms with E-state index in [1.54, 1.807) is 0 Å². The number of aliphatic hydroxyl groups excluding tert-OH is 6. The van der Waals surface area contributed by atoms with Gasteiger partial charge < -0.3 is 30.6 Å². The second-order valence-electron chi connectivity index (χ2n) is 34.0. The Labute approximate surface area is 864 Å². The maximum absolute atomic E-state index is 7.00. The predicted molar refractivity (Wildman–Crippen MR) is 639 cm³/mol. The van der Waals surface area contributed by atoms with E-state index in [9.17, 15) is 0 Å². The molecule has 0 aliphatic heterocycles. The summed E-state index contributed by atoms with van der Waals surface area (Å²) in [6.07, 6.45) is 3.75. The molecule has 3 aliphatic carbocycles. The maximum Gasteiger partial charge on any atom is 0.0319 e. The zero-order chi connectivity index (χ0) is 106. The van der Waals surface area contributed by atoms with E-state index in [1.807, 2.05) is 151 Å². The van der Waals surface area contributed by atoms with Crippen LogP contribution in [0.15, 0.2) is 473 Å². The summed E-state index contributed by atoms with van der Waals surface area (Å²) in [7, 11) is 6.00. The highest BCUT2D eigenvalue weighted by molar-refractivity contribution is 6.02. The van der Waals surface area contributed by atoms with E-state index in [-0.39, 0.29) is 16.2 Å². The second-order valence-corrected chi connectivity index (χ2v) is 34.0. The van der Waals surface area contributed by atoms with Gasteiger partial charge >= 0.3 is 0 Å². The highest BCUT2D eigenvalue weighted by Crippen LogP contribution is 2.54. The number of benzene rings is 21. The van der Waals surface area contributed by atoms with E-state index in [1.165, 1.54) is 183 Å². The van der Waals surface area contributed by atoms with Gasteiger partial charge in [-0.1, -0.05) is 544 Å². The molecule has 0 saturated heterocycles. The molecular formula is C138H162O6. The van der Waals surface area contributed by atoms with Gasteiger partial charge in [-0.2, -0.15) is 0 Å². The zero-order valence-electron chi connectivity index (χ0n) is 90.3. The van der Waals surface area contributed by atoms with Crippen LogP contribution in [0.25, 0.3) is 130 Å². The van der Waals surface area contributed by atoms with Crippen molar-refractivity contribution in [3.8, 4) is 33.4 Å². The van der Waals surface area contributed by atoms with Crippen LogP contribution in [-0.2, 0) is 16.2 Å². The van der Waals surface area contributed by atoms with Crippen molar-refractivity contribution in [3.05, 3.63) is 507 Å². The molecule has 21 aromatic rings. The fraction of sp³-hybridized carbons (Fsp3) is 0.217. The minimum atomic E-state index is 0.0543. The summed E-state index contributed by atoms with van der Waals surface area (Å²) in [4.78, 5) is 0. The first kappa shape index (κ1) is 122. The Morgan fingerprint density at radius 1 is 0.125 bits per heavy atom. The molecule has 0 saturated carbocycles. The Balaban J connectivity index is 0.000000339. The topological polar surface area (TPSA) is 121 Å². The zero-order valence-corrected chi connectivity index (χ0v) is 90.3. The van der Waals surface area contributed by atoms with Gasteiger partial charge in [0.1, 0.15) is 0 Å². The molecule has 24 rings (SSSR count). The Hall–Kier alpha value is -14.3. The van der Waals surface area contributed by atoms with Gasteiger partial charge in [0, 0.05) is 58.9 Å². The summed E-state index contributed by atoms with van der Waals surface area (Å²) in [5.41, 5.74) is 17.2. The molecule has 750 valence electrons. The molecule has 144 heavy (non-hydrogen) atoms. The first-order valence-corrected chi connectivity index (χ1v) is 50.8. The Morgan fingerprint density at radius 3 is 0.278 bits per heavy atom. The largest absolute Gasteiger partial charge is 0.400 e. The van der Waals surface area contributed by atoms with Crippen LogP contribution < -0.4 is 0 Å². The lowest BCUT2D eigenvalue weighted by Crippen LogP contribution is -2.14. The van der Waals surface area contributed by atoms with Gasteiger partial charge in [-0.25, -0.2) is 0 Å². The summed E-state index contributed by atoms with van der Waals surface area (Å²) in [5.74, 6) is 0. The van der Waals surface area contributed by atoms with E-state index in [4.69, 9.17) is 30.6 Å². The van der Waals surface area contributed by atoms with E-state index in [0.717, 1.165) is 42.7 Å². The van der Waals surface area contributed by atoms with Gasteiger partial charge in [0.25, 0.3) is 0 Å². The highest BCUT2D eigenvalue weighted by atomic mass is 16.2. The van der Waals surface area contributed by atoms with Crippen molar-refractivity contribution >= 4 is 97.0 Å². The average Bonchev–Trinajstić information content (AvgIpc) is 1.58. The van der Waals surface area contributed by atoms with Crippen molar-refractivity contribution < 1.29 is 30.6 Å². The lowest BCUT2D eigenvalue weighted by Gasteiger charge is -2.22. The van der Waals surface area contributed by atoms with Crippen LogP contribution in [0.1, 0.15) is 177 Å². The lowest BCUT2D eigenvalue weighted by molar-refractivity contribution is 0.399. The Morgan fingerprint density at radius 2 is 0.194 bits per heavy atom. The van der Waals surface area contributed by atoms with Crippen molar-refractivity contribution in [2.45, 2.75) is 160 Å². The maximum atomic E-state index is 7.00. The van der Waals surface area contributed by atoms with Crippen LogP contribution in [-0.4, -0.2) is 73.3 Å². The van der Waals surface area contributed by atoms with Crippen LogP contribution in [0.5, 0.6) is 0 Å². The van der Waals surface area contributed by atoms with Crippen molar-refractivity contribution in [1.82, 2.24) is 0 Å². The fourth-order valence-corrected chi connectivity index (χ4v) is 16.9. The summed E-state index contributed by atoms with van der Waals surface area (Å²) >= 11 is 0. The normalized spacial score (nSPS) is 11.0. The van der Waals surface area contributed by atoms with Crippen LogP contribution in [0, 0.1) is 0 Å². The van der Waals surface area contributed by atoms with Gasteiger partial charge in [0.15, 0.2) is 0 Å². The molecule has 0 amide bonds. The van der Waals surface area contributed by atoms with E-state index in [0.29, 0.717) is 0 Å². The van der Waals surface area contributed by atoms with Crippen LogP contribution in [0.2, 0.25) is 0 Å². The summed E-state index contributed by atoms with van der Waals surface area (Å²) in [5, 5.41) is 65.8. The third-order valence-corrected chi connectivity index (χ3v) is 23.2. The molecule has 0 fully saturated rings. The highest BCUT2D eigenvalue weighted by Gasteiger charge is 2.39. The van der Waals surface area contributed by atoms with Gasteiger partial charge in [-0.05, 0) is 237 Å². The molecule has 6 nitrogen and oxygen atoms in total. The van der Waals surface area contributed by atoms with Crippen LogP contribution >= 0.6 is 0 Å².